The van der Waals surface area contributed by atoms with Gasteiger partial charge in [0.25, 0.3) is 52.3 Å². The van der Waals surface area contributed by atoms with Crippen LogP contribution in [0, 0.1) is 0 Å². The van der Waals surface area contributed by atoms with E-state index in [9.17, 15) is 66.3 Å². The van der Waals surface area contributed by atoms with Crippen LogP contribution in [0.25, 0.3) is 0 Å². The molecule has 0 spiro atoms. The van der Waals surface area contributed by atoms with Gasteiger partial charge in [-0.1, -0.05) is 63.8 Å². The molecule has 19 nitrogen and oxygen atoms in total. The van der Waals surface area contributed by atoms with Crippen LogP contribution in [0.4, 0.5) is 11.4 Å². The molecule has 71 heavy (non-hydrogen) atoms. The van der Waals surface area contributed by atoms with Crippen molar-refractivity contribution in [1.82, 2.24) is 10.2 Å². The Hall–Kier alpha value is -5.14. The standard InChI is InChI=1S/C48H62N4O15S4/c1-47(2)38-33-36(70(62,63)64)21-23-40(38)50(29-31-68(56,57)58)42(47)18-13-16-35(15-9-5-6-10-20-44(53)49-27-11-7-8-12-28-52-45(54)25-26-46(52)55)17-14-19-43-48(3,4)39-34-37(71(65,66)67)22-24-41(39)51(43)30-32-69(59,60)61/h13-14,16-19,21-26,33-34H,5-12,15,20,27-32H2,1-4H3,(H4-,49,53,56,57,58,59,60,61,62,63,64,65,66,67)/p+1. The number of fused-ring (bicyclic) bond motifs is 2. The van der Waals surface area contributed by atoms with Crippen molar-refractivity contribution in [3.05, 3.63) is 107 Å². The highest BCUT2D eigenvalue weighted by Crippen LogP contribution is 2.48. The van der Waals surface area contributed by atoms with E-state index in [4.69, 9.17) is 0 Å². The van der Waals surface area contributed by atoms with Gasteiger partial charge in [0, 0.05) is 72.7 Å². The van der Waals surface area contributed by atoms with Gasteiger partial charge in [0.1, 0.15) is 5.75 Å². The van der Waals surface area contributed by atoms with Gasteiger partial charge in [-0.15, -0.1) is 0 Å². The largest absolute Gasteiger partial charge is 0.356 e. The fourth-order valence-electron chi connectivity index (χ4n) is 8.96. The molecule has 3 heterocycles. The Balaban J connectivity index is 1.34. The highest BCUT2D eigenvalue weighted by molar-refractivity contribution is 7.86. The minimum Gasteiger partial charge on any atom is -0.356 e. The number of carbonyl (C=O) groups excluding carboxylic acids is 3. The summed E-state index contributed by atoms with van der Waals surface area (Å²) < 4.78 is 137. The number of hydrogen-bond acceptors (Lipinski definition) is 12. The summed E-state index contributed by atoms with van der Waals surface area (Å²) in [6.45, 7) is 7.78. The number of imide groups is 1. The van der Waals surface area contributed by atoms with Crippen LogP contribution in [0.5, 0.6) is 0 Å². The van der Waals surface area contributed by atoms with E-state index in [0.29, 0.717) is 79.1 Å². The van der Waals surface area contributed by atoms with Gasteiger partial charge < -0.3 is 10.2 Å². The summed E-state index contributed by atoms with van der Waals surface area (Å²) in [5, 5.41) is 2.94. The normalized spacial score (nSPS) is 17.7. The molecule has 0 fully saturated rings. The van der Waals surface area contributed by atoms with Crippen molar-refractivity contribution in [2.45, 2.75) is 113 Å². The van der Waals surface area contributed by atoms with Crippen LogP contribution in [0.3, 0.4) is 0 Å². The van der Waals surface area contributed by atoms with Crippen LogP contribution in [0.2, 0.25) is 0 Å². The monoisotopic (exact) mass is 1060 g/mol. The number of nitrogens with zero attached hydrogens (tertiary/aromatic N) is 3. The van der Waals surface area contributed by atoms with Gasteiger partial charge in [0.15, 0.2) is 12.3 Å². The van der Waals surface area contributed by atoms with Crippen molar-refractivity contribution < 1.29 is 70.8 Å². The van der Waals surface area contributed by atoms with Crippen LogP contribution in [-0.2, 0) is 65.7 Å². The number of unbranched alkanes of at least 4 members (excludes halogenated alkanes) is 6. The molecule has 0 radical (unpaired) electrons. The maximum absolute atomic E-state index is 12.6. The first kappa shape index (κ1) is 56.8. The number of benzene rings is 2. The second kappa shape index (κ2) is 23.2. The summed E-state index contributed by atoms with van der Waals surface area (Å²) in [4.78, 5) is 38.1. The Labute approximate surface area is 416 Å². The van der Waals surface area contributed by atoms with Crippen LogP contribution in [-0.4, -0.2) is 122 Å². The number of hydrogen-bond donors (Lipinski definition) is 5. The Morgan fingerprint density at radius 3 is 1.86 bits per heavy atom. The number of nitrogens with one attached hydrogen (secondary N) is 1. The second-order valence-electron chi connectivity index (χ2n) is 18.7. The first-order valence-corrected chi connectivity index (χ1v) is 29.2. The third kappa shape index (κ3) is 15.4. The highest BCUT2D eigenvalue weighted by Gasteiger charge is 2.45. The van der Waals surface area contributed by atoms with Crippen LogP contribution < -0.4 is 10.2 Å². The number of amides is 3. The molecule has 0 aliphatic carbocycles. The van der Waals surface area contributed by atoms with E-state index in [0.717, 1.165) is 37.7 Å². The van der Waals surface area contributed by atoms with Crippen molar-refractivity contribution in [3.63, 3.8) is 0 Å². The Morgan fingerprint density at radius 2 is 1.24 bits per heavy atom. The molecule has 0 bridgehead atoms. The lowest BCUT2D eigenvalue weighted by Gasteiger charge is -2.26. The third-order valence-corrected chi connectivity index (χ3v) is 15.8. The van der Waals surface area contributed by atoms with Crippen LogP contribution in [0.1, 0.15) is 103 Å². The zero-order valence-electron chi connectivity index (χ0n) is 40.2. The van der Waals surface area contributed by atoms with E-state index in [1.54, 1.807) is 33.8 Å². The Bertz CT molecular complexity index is 3020. The topological polar surface area (TPSA) is 290 Å². The van der Waals surface area contributed by atoms with Gasteiger partial charge in [0.05, 0.1) is 21.0 Å². The molecule has 5 N–H and O–H groups in total. The molecule has 0 atom stereocenters. The first-order chi connectivity index (χ1) is 33.0. The van der Waals surface area contributed by atoms with Crippen molar-refractivity contribution in [2.24, 2.45) is 0 Å². The molecule has 2 aromatic rings. The number of carbonyl (C=O) groups is 3. The zero-order valence-corrected chi connectivity index (χ0v) is 43.4. The lowest BCUT2D eigenvalue weighted by atomic mass is 9.81. The predicted molar refractivity (Wildman–Crippen MR) is 268 cm³/mol. The van der Waals surface area contributed by atoms with Gasteiger partial charge >= 0.3 is 0 Å². The van der Waals surface area contributed by atoms with Gasteiger partial charge in [-0.05, 0) is 93.5 Å². The smallest absolute Gasteiger partial charge is 0.294 e. The summed E-state index contributed by atoms with van der Waals surface area (Å²) in [5.41, 5.74) is 2.09. The SMILES string of the molecule is CC1(C)C(/C=C/C=C(/C=C/C=C2/N(CCS(=O)(=O)O)c3ccc(S(=O)(=O)O)cc3C2(C)C)CCCCCCC(=O)NCCCCCCN2C(=O)C=CC2=O)=[N+](CCS(=O)(=O)O)c2ccc(S(=O)(=O)O)cc21. The fourth-order valence-corrected chi connectivity index (χ4v) is 10.8. The molecule has 388 valence electrons. The van der Waals surface area contributed by atoms with Crippen molar-refractivity contribution in [3.8, 4) is 0 Å². The average molecular weight is 1060 g/mol. The predicted octanol–water partition coefficient (Wildman–Crippen LogP) is 5.99. The maximum atomic E-state index is 12.6. The minimum atomic E-state index is -4.58. The van der Waals surface area contributed by atoms with Crippen LogP contribution in [0.15, 0.2) is 106 Å². The number of rotatable bonds is 26. The number of anilines is 1. The summed E-state index contributed by atoms with van der Waals surface area (Å²) in [6.07, 6.45) is 20.1. The Morgan fingerprint density at radius 1 is 0.662 bits per heavy atom. The molecule has 3 aliphatic heterocycles. The van der Waals surface area contributed by atoms with E-state index in [2.05, 4.69) is 5.32 Å². The molecule has 0 unspecified atom stereocenters. The molecule has 0 saturated heterocycles. The molecule has 23 heteroatoms. The maximum Gasteiger partial charge on any atom is 0.294 e. The summed E-state index contributed by atoms with van der Waals surface area (Å²) in [7, 11) is -18.0. The van der Waals surface area contributed by atoms with Gasteiger partial charge in [-0.3, -0.25) is 37.5 Å². The molecular weight excluding hydrogens is 1000 g/mol. The molecule has 2 aromatic carbocycles. The van der Waals surface area contributed by atoms with Gasteiger partial charge in [-0.2, -0.15) is 38.2 Å². The quantitative estimate of drug-likeness (QED) is 0.0238. The van der Waals surface area contributed by atoms with Crippen molar-refractivity contribution >= 4 is 75.3 Å². The number of allylic oxidation sites excluding steroid dienone is 8. The average Bonchev–Trinajstić information content (AvgIpc) is 3.78. The van der Waals surface area contributed by atoms with E-state index in [1.807, 2.05) is 39.8 Å². The van der Waals surface area contributed by atoms with Crippen molar-refractivity contribution in [2.75, 3.05) is 42.6 Å². The zero-order chi connectivity index (χ0) is 52.6. The highest BCUT2D eigenvalue weighted by atomic mass is 32.2. The summed E-state index contributed by atoms with van der Waals surface area (Å²) in [6, 6.07) is 7.99. The summed E-state index contributed by atoms with van der Waals surface area (Å²) >= 11 is 0. The lowest BCUT2D eigenvalue weighted by Crippen LogP contribution is -2.30. The van der Waals surface area contributed by atoms with E-state index in [-0.39, 0.29) is 40.6 Å². The van der Waals surface area contributed by atoms with Crippen LogP contribution >= 0.6 is 0 Å². The van der Waals surface area contributed by atoms with Crippen molar-refractivity contribution in [1.29, 1.82) is 0 Å². The third-order valence-electron chi connectivity index (χ3n) is 12.7. The first-order valence-electron chi connectivity index (χ1n) is 23.1. The minimum absolute atomic E-state index is 0.0582. The lowest BCUT2D eigenvalue weighted by molar-refractivity contribution is -0.432. The van der Waals surface area contributed by atoms with E-state index >= 15 is 0 Å². The fraction of sp³-hybridized carbons (Fsp3) is 0.458. The molecule has 5 rings (SSSR count). The molecule has 0 saturated carbocycles. The molecule has 3 aliphatic rings. The molecular formula is C48H63N4O15S4+. The molecule has 3 amide bonds. The molecule has 0 aromatic heterocycles. The van der Waals surface area contributed by atoms with E-state index in [1.165, 1.54) is 53.5 Å². The van der Waals surface area contributed by atoms with E-state index < -0.39 is 62.8 Å². The Kier molecular flexibility index (Phi) is 18.5. The second-order valence-corrected chi connectivity index (χ2v) is 24.7. The van der Waals surface area contributed by atoms with Gasteiger partial charge in [0.2, 0.25) is 11.6 Å². The van der Waals surface area contributed by atoms with Gasteiger partial charge in [-0.25, -0.2) is 0 Å². The summed E-state index contributed by atoms with van der Waals surface area (Å²) in [5.74, 6) is -1.92.